The monoisotopic (exact) mass is 298 g/mol. The number of hydrogen-bond donors (Lipinski definition) is 2. The molecule has 0 spiro atoms. The van der Waals surface area contributed by atoms with Gasteiger partial charge in [0.15, 0.2) is 5.82 Å². The van der Waals surface area contributed by atoms with Crippen molar-refractivity contribution >= 4 is 17.8 Å². The fourth-order valence-corrected chi connectivity index (χ4v) is 3.42. The van der Waals surface area contributed by atoms with E-state index in [0.717, 1.165) is 6.42 Å². The van der Waals surface area contributed by atoms with Crippen LogP contribution in [0.25, 0.3) is 0 Å². The number of nitrogens with one attached hydrogen (secondary N) is 2. The molecule has 2 atom stereocenters. The fourth-order valence-electron chi connectivity index (χ4n) is 2.49. The van der Waals surface area contributed by atoms with Crippen molar-refractivity contribution in [3.63, 3.8) is 0 Å². The molecule has 1 aliphatic rings. The van der Waals surface area contributed by atoms with Gasteiger partial charge in [-0.1, -0.05) is 18.0 Å². The number of aromatic nitrogens is 2. The number of rotatable bonds is 5. The summed E-state index contributed by atoms with van der Waals surface area (Å²) in [6.07, 6.45) is 7.39. The summed E-state index contributed by atoms with van der Waals surface area (Å²) < 4.78 is 4.99. The van der Waals surface area contributed by atoms with Crippen LogP contribution < -0.4 is 10.6 Å². The third-order valence-corrected chi connectivity index (χ3v) is 4.69. The Morgan fingerprint density at radius 3 is 2.95 bits per heavy atom. The van der Waals surface area contributed by atoms with E-state index in [-0.39, 0.29) is 12.1 Å². The standard InChI is InChI=1S/C13H22N4O2S/c1-9-15-12(19-17-9)7-8-14-13(18)16-10-5-3-4-6-11(10)20-2/h10-11H,3-8H2,1-2H3,(H2,14,16,18). The Kier molecular flexibility index (Phi) is 5.70. The van der Waals surface area contributed by atoms with Crippen LogP contribution in [-0.2, 0) is 6.42 Å². The molecule has 7 heteroatoms. The van der Waals surface area contributed by atoms with Gasteiger partial charge in [-0.25, -0.2) is 4.79 Å². The SMILES string of the molecule is CSC1CCCCC1NC(=O)NCCc1nc(C)no1. The lowest BCUT2D eigenvalue weighted by molar-refractivity contribution is 0.233. The number of nitrogens with zero attached hydrogens (tertiary/aromatic N) is 2. The van der Waals surface area contributed by atoms with Crippen molar-refractivity contribution in [1.82, 2.24) is 20.8 Å². The van der Waals surface area contributed by atoms with Gasteiger partial charge in [0.1, 0.15) is 0 Å². The van der Waals surface area contributed by atoms with E-state index in [1.54, 1.807) is 6.92 Å². The van der Waals surface area contributed by atoms with E-state index < -0.39 is 0 Å². The molecule has 1 aliphatic carbocycles. The van der Waals surface area contributed by atoms with E-state index in [2.05, 4.69) is 27.0 Å². The van der Waals surface area contributed by atoms with Crippen LogP contribution >= 0.6 is 11.8 Å². The Hall–Kier alpha value is -1.24. The van der Waals surface area contributed by atoms with Gasteiger partial charge in [0.2, 0.25) is 5.89 Å². The van der Waals surface area contributed by atoms with Crippen molar-refractivity contribution in [2.75, 3.05) is 12.8 Å². The Morgan fingerprint density at radius 2 is 2.25 bits per heavy atom. The van der Waals surface area contributed by atoms with Crippen LogP contribution in [0, 0.1) is 6.92 Å². The zero-order valence-corrected chi connectivity index (χ0v) is 12.8. The van der Waals surface area contributed by atoms with Crippen molar-refractivity contribution in [3.8, 4) is 0 Å². The molecule has 112 valence electrons. The van der Waals surface area contributed by atoms with Gasteiger partial charge in [-0.05, 0) is 26.0 Å². The number of carbonyl (C=O) groups is 1. The third-order valence-electron chi connectivity index (χ3n) is 3.52. The van der Waals surface area contributed by atoms with Crippen LogP contribution in [0.2, 0.25) is 0 Å². The molecule has 0 saturated heterocycles. The van der Waals surface area contributed by atoms with E-state index in [4.69, 9.17) is 4.52 Å². The molecule has 1 heterocycles. The Bertz CT molecular complexity index is 438. The van der Waals surface area contributed by atoms with Gasteiger partial charge in [-0.15, -0.1) is 0 Å². The molecule has 1 aromatic rings. The largest absolute Gasteiger partial charge is 0.339 e. The number of hydrogen-bond acceptors (Lipinski definition) is 5. The molecular formula is C13H22N4O2S. The molecule has 2 rings (SSSR count). The quantitative estimate of drug-likeness (QED) is 0.868. The minimum atomic E-state index is -0.104. The second-order valence-corrected chi connectivity index (χ2v) is 6.13. The average Bonchev–Trinajstić information content (AvgIpc) is 2.85. The van der Waals surface area contributed by atoms with Crippen molar-refractivity contribution in [2.45, 2.75) is 50.3 Å². The van der Waals surface area contributed by atoms with Crippen molar-refractivity contribution in [3.05, 3.63) is 11.7 Å². The maximum atomic E-state index is 11.9. The molecule has 1 saturated carbocycles. The zero-order valence-electron chi connectivity index (χ0n) is 12.0. The summed E-state index contributed by atoms with van der Waals surface area (Å²) in [5.74, 6) is 1.18. The normalized spacial score (nSPS) is 22.5. The van der Waals surface area contributed by atoms with Gasteiger partial charge >= 0.3 is 6.03 Å². The summed E-state index contributed by atoms with van der Waals surface area (Å²) in [4.78, 5) is 16.0. The van der Waals surface area contributed by atoms with Gasteiger partial charge in [0, 0.05) is 24.3 Å². The molecule has 2 unspecified atom stereocenters. The molecular weight excluding hydrogens is 276 g/mol. The van der Waals surface area contributed by atoms with Crippen LogP contribution in [0.1, 0.15) is 37.4 Å². The smallest absolute Gasteiger partial charge is 0.315 e. The molecule has 1 aromatic heterocycles. The summed E-state index contributed by atoms with van der Waals surface area (Å²) in [5.41, 5.74) is 0. The number of aryl methyl sites for hydroxylation is 1. The first-order chi connectivity index (χ1) is 9.69. The second-order valence-electron chi connectivity index (χ2n) is 5.05. The van der Waals surface area contributed by atoms with Crippen molar-refractivity contribution in [2.24, 2.45) is 0 Å². The van der Waals surface area contributed by atoms with E-state index in [1.165, 1.54) is 19.3 Å². The molecule has 0 aromatic carbocycles. The minimum absolute atomic E-state index is 0.104. The predicted molar refractivity (Wildman–Crippen MR) is 78.8 cm³/mol. The van der Waals surface area contributed by atoms with E-state index >= 15 is 0 Å². The summed E-state index contributed by atoms with van der Waals surface area (Å²) in [7, 11) is 0. The Morgan fingerprint density at radius 1 is 1.45 bits per heavy atom. The lowest BCUT2D eigenvalue weighted by atomic mass is 9.95. The maximum absolute atomic E-state index is 11.9. The summed E-state index contributed by atoms with van der Waals surface area (Å²) >= 11 is 1.84. The first-order valence-corrected chi connectivity index (χ1v) is 8.34. The lowest BCUT2D eigenvalue weighted by Gasteiger charge is -2.30. The van der Waals surface area contributed by atoms with E-state index in [1.807, 2.05) is 11.8 Å². The van der Waals surface area contributed by atoms with E-state index in [9.17, 15) is 4.79 Å². The molecule has 0 bridgehead atoms. The van der Waals surface area contributed by atoms with Crippen LogP contribution in [0.15, 0.2) is 4.52 Å². The van der Waals surface area contributed by atoms with Crippen LogP contribution in [-0.4, -0.2) is 40.3 Å². The molecule has 20 heavy (non-hydrogen) atoms. The number of thioether (sulfide) groups is 1. The first-order valence-electron chi connectivity index (χ1n) is 7.05. The number of urea groups is 1. The fraction of sp³-hybridized carbons (Fsp3) is 0.769. The third kappa shape index (κ3) is 4.40. The zero-order chi connectivity index (χ0) is 14.4. The first kappa shape index (κ1) is 15.2. The van der Waals surface area contributed by atoms with Gasteiger partial charge < -0.3 is 15.2 Å². The molecule has 2 N–H and O–H groups in total. The Labute approximate surface area is 123 Å². The highest BCUT2D eigenvalue weighted by Crippen LogP contribution is 2.26. The maximum Gasteiger partial charge on any atom is 0.315 e. The average molecular weight is 298 g/mol. The highest BCUT2D eigenvalue weighted by molar-refractivity contribution is 7.99. The van der Waals surface area contributed by atoms with Crippen LogP contribution in [0.4, 0.5) is 4.79 Å². The number of amides is 2. The molecule has 2 amide bonds. The summed E-state index contributed by atoms with van der Waals surface area (Å²) in [5, 5.41) is 10.2. The number of carbonyl (C=O) groups excluding carboxylic acids is 1. The summed E-state index contributed by atoms with van der Waals surface area (Å²) in [6, 6.07) is 0.177. The predicted octanol–water partition coefficient (Wildman–Crippen LogP) is 1.89. The van der Waals surface area contributed by atoms with Crippen molar-refractivity contribution < 1.29 is 9.32 Å². The van der Waals surface area contributed by atoms with Gasteiger partial charge in [-0.3, -0.25) is 0 Å². The van der Waals surface area contributed by atoms with Crippen molar-refractivity contribution in [1.29, 1.82) is 0 Å². The topological polar surface area (TPSA) is 80.0 Å². The summed E-state index contributed by atoms with van der Waals surface area (Å²) in [6.45, 7) is 2.28. The Balaban J connectivity index is 1.69. The molecule has 0 aliphatic heterocycles. The minimum Gasteiger partial charge on any atom is -0.339 e. The lowest BCUT2D eigenvalue weighted by Crippen LogP contribution is -2.48. The highest BCUT2D eigenvalue weighted by atomic mass is 32.2. The van der Waals surface area contributed by atoms with Gasteiger partial charge in [0.05, 0.1) is 0 Å². The molecule has 0 radical (unpaired) electrons. The molecule has 1 fully saturated rings. The van der Waals surface area contributed by atoms with Crippen LogP contribution in [0.3, 0.4) is 0 Å². The highest BCUT2D eigenvalue weighted by Gasteiger charge is 2.25. The second kappa shape index (κ2) is 7.52. The molecule has 6 nitrogen and oxygen atoms in total. The van der Waals surface area contributed by atoms with Gasteiger partial charge in [0.25, 0.3) is 0 Å². The van der Waals surface area contributed by atoms with Crippen LogP contribution in [0.5, 0.6) is 0 Å². The van der Waals surface area contributed by atoms with Gasteiger partial charge in [-0.2, -0.15) is 16.7 Å². The van der Waals surface area contributed by atoms with E-state index in [0.29, 0.717) is 29.9 Å².